The van der Waals surface area contributed by atoms with E-state index in [1.54, 1.807) is 0 Å². The molecular formula is C24H40Cl2HfN2Si2. The van der Waals surface area contributed by atoms with Crippen LogP contribution in [0.4, 0.5) is 0 Å². The van der Waals surface area contributed by atoms with Crippen LogP contribution in [-0.4, -0.2) is 51.8 Å². The van der Waals surface area contributed by atoms with Crippen molar-refractivity contribution in [3.63, 3.8) is 0 Å². The van der Waals surface area contributed by atoms with Gasteiger partial charge in [-0.3, -0.25) is 0 Å². The second-order valence-electron chi connectivity index (χ2n) is 10.3. The molecule has 2 aliphatic carbocycles. The van der Waals surface area contributed by atoms with Gasteiger partial charge in [-0.25, -0.2) is 0 Å². The molecule has 0 aromatic carbocycles. The summed E-state index contributed by atoms with van der Waals surface area (Å²) in [6.07, 6.45) is 21.3. The van der Waals surface area contributed by atoms with Crippen molar-refractivity contribution in [3.8, 4) is 0 Å². The van der Waals surface area contributed by atoms with Gasteiger partial charge in [-0.05, 0) is 0 Å². The van der Waals surface area contributed by atoms with Crippen LogP contribution < -0.4 is 24.8 Å². The molecule has 0 N–H and O–H groups in total. The predicted molar refractivity (Wildman–Crippen MR) is 127 cm³/mol. The topological polar surface area (TPSA) is 6.48 Å². The van der Waals surface area contributed by atoms with E-state index >= 15 is 0 Å². The molecule has 0 spiro atoms. The van der Waals surface area contributed by atoms with Crippen molar-refractivity contribution in [2.24, 2.45) is 0 Å². The van der Waals surface area contributed by atoms with Gasteiger partial charge >= 0.3 is 194 Å². The standard InChI is InChI=1S/2C12H20NSi.2ClH.Hf/c2*1-14(2,12-8-4-5-9-12)13-10-6-3-7-11-13;;;/h2*4,8H,3,5-7,10-11H2,1-2H3;2*1H;/q;;;;+2/p-2. The first-order chi connectivity index (χ1) is 13.9. The summed E-state index contributed by atoms with van der Waals surface area (Å²) in [6, 6.07) is 0. The van der Waals surface area contributed by atoms with Crippen LogP contribution in [0.2, 0.25) is 26.2 Å². The summed E-state index contributed by atoms with van der Waals surface area (Å²) in [5.41, 5.74) is 0. The van der Waals surface area contributed by atoms with Crippen molar-refractivity contribution in [2.75, 3.05) is 26.2 Å². The fraction of sp³-hybridized carbons (Fsp3) is 0.667. The number of allylic oxidation sites excluding steroid dienone is 8. The zero-order valence-electron chi connectivity index (χ0n) is 19.9. The van der Waals surface area contributed by atoms with E-state index in [0.717, 1.165) is 0 Å². The molecule has 172 valence electrons. The quantitative estimate of drug-likeness (QED) is 0.369. The maximum atomic E-state index is 2.92. The number of nitrogens with zero attached hydrogens (tertiary/aromatic N) is 2. The first-order valence-corrected chi connectivity index (χ1v) is 21.5. The third-order valence-electron chi connectivity index (χ3n) is 7.78. The van der Waals surface area contributed by atoms with E-state index in [9.17, 15) is 0 Å². The summed E-state index contributed by atoms with van der Waals surface area (Å²) in [6.45, 7) is 16.0. The summed E-state index contributed by atoms with van der Waals surface area (Å²) in [5, 5.41) is 3.69. The molecule has 0 aromatic rings. The molecule has 0 aromatic heterocycles. The van der Waals surface area contributed by atoms with Gasteiger partial charge < -0.3 is 24.8 Å². The number of rotatable bonds is 6. The number of halogens is 2. The van der Waals surface area contributed by atoms with E-state index in [-0.39, 0.29) is 24.8 Å². The van der Waals surface area contributed by atoms with E-state index in [2.05, 4.69) is 59.6 Å². The Morgan fingerprint density at radius 1 is 0.613 bits per heavy atom. The van der Waals surface area contributed by atoms with E-state index < -0.39 is 39.4 Å². The molecule has 0 radical (unpaired) electrons. The minimum absolute atomic E-state index is 0. The average molecular weight is 662 g/mol. The molecule has 2 fully saturated rings. The SMILES string of the molecule is C[Si](C)(C1=[C]([Hf+2][C]2=C([Si](C)(C)N3CCCCC3)C=CC2)CC=C1)N1CCCCC1.[Cl-].[Cl-]. The van der Waals surface area contributed by atoms with E-state index in [0.29, 0.717) is 0 Å². The Morgan fingerprint density at radius 3 is 1.32 bits per heavy atom. The van der Waals surface area contributed by atoms with Gasteiger partial charge in [0.25, 0.3) is 0 Å². The normalized spacial score (nSPS) is 23.1. The molecule has 2 saturated heterocycles. The third-order valence-corrected chi connectivity index (χ3v) is 22.8. The molecular weight excluding hydrogens is 622 g/mol. The minimum Gasteiger partial charge on any atom is -1.00 e. The Morgan fingerprint density at radius 2 is 0.968 bits per heavy atom. The Balaban J connectivity index is 0.00000171. The maximum Gasteiger partial charge on any atom is -1.00 e. The Labute approximate surface area is 217 Å². The van der Waals surface area contributed by atoms with Crippen LogP contribution in [0.5, 0.6) is 0 Å². The number of hydrogen-bond donors (Lipinski definition) is 0. The predicted octanol–water partition coefficient (Wildman–Crippen LogP) is -0.0347. The van der Waals surface area contributed by atoms with Gasteiger partial charge in [-0.1, -0.05) is 0 Å². The van der Waals surface area contributed by atoms with Crippen LogP contribution in [0, 0.1) is 0 Å². The largest absolute Gasteiger partial charge is 1.00 e. The van der Waals surface area contributed by atoms with Crippen LogP contribution >= 0.6 is 0 Å². The molecule has 0 atom stereocenters. The van der Waals surface area contributed by atoms with Gasteiger partial charge in [0.15, 0.2) is 0 Å². The molecule has 0 bridgehead atoms. The molecule has 0 amide bonds. The van der Waals surface area contributed by atoms with Gasteiger partial charge in [0.2, 0.25) is 0 Å². The molecule has 7 heteroatoms. The second-order valence-corrected chi connectivity index (χ2v) is 24.1. The Bertz CT molecular complexity index is 685. The summed E-state index contributed by atoms with van der Waals surface area (Å²) in [7, 11) is -2.94. The Kier molecular flexibility index (Phi) is 10.8. The smallest absolute Gasteiger partial charge is 1.00 e. The molecule has 4 aliphatic rings. The van der Waals surface area contributed by atoms with Crippen LogP contribution in [0.25, 0.3) is 0 Å². The fourth-order valence-corrected chi connectivity index (χ4v) is 24.2. The van der Waals surface area contributed by atoms with Gasteiger partial charge in [0.05, 0.1) is 0 Å². The van der Waals surface area contributed by atoms with Crippen molar-refractivity contribution >= 4 is 16.5 Å². The van der Waals surface area contributed by atoms with Crippen molar-refractivity contribution in [2.45, 2.75) is 77.6 Å². The molecule has 4 rings (SSSR count). The average Bonchev–Trinajstić information content (AvgIpc) is 3.40. The zero-order chi connectivity index (χ0) is 20.5. The Hall–Kier alpha value is 0.764. The van der Waals surface area contributed by atoms with Crippen LogP contribution in [0.15, 0.2) is 41.4 Å². The first kappa shape index (κ1) is 28.0. The van der Waals surface area contributed by atoms with Crippen LogP contribution in [-0.2, 0) is 22.9 Å². The number of hydrogen-bond acceptors (Lipinski definition) is 2. The summed E-state index contributed by atoms with van der Waals surface area (Å²) < 4.78 is 9.73. The maximum absolute atomic E-state index is 2.92. The fourth-order valence-electron chi connectivity index (χ4n) is 5.82. The van der Waals surface area contributed by atoms with E-state index in [1.165, 1.54) is 77.5 Å². The van der Waals surface area contributed by atoms with Crippen LogP contribution in [0.1, 0.15) is 51.4 Å². The van der Waals surface area contributed by atoms with Crippen molar-refractivity contribution < 1.29 is 47.7 Å². The molecule has 2 aliphatic heterocycles. The third kappa shape index (κ3) is 6.07. The second kappa shape index (κ2) is 11.9. The molecule has 31 heavy (non-hydrogen) atoms. The van der Waals surface area contributed by atoms with E-state index in [1.807, 2.05) is 17.1 Å². The summed E-state index contributed by atoms with van der Waals surface area (Å²) in [5.74, 6) is 0. The first-order valence-electron chi connectivity index (χ1n) is 12.0. The minimum atomic E-state index is -1.47. The summed E-state index contributed by atoms with van der Waals surface area (Å²) >= 11 is -0.930. The number of piperidine rings is 2. The van der Waals surface area contributed by atoms with Gasteiger partial charge in [-0.2, -0.15) is 0 Å². The van der Waals surface area contributed by atoms with E-state index in [4.69, 9.17) is 0 Å². The van der Waals surface area contributed by atoms with Gasteiger partial charge in [-0.15, -0.1) is 0 Å². The van der Waals surface area contributed by atoms with Crippen molar-refractivity contribution in [1.29, 1.82) is 0 Å². The molecule has 2 heterocycles. The van der Waals surface area contributed by atoms with Gasteiger partial charge in [0, 0.05) is 0 Å². The van der Waals surface area contributed by atoms with Gasteiger partial charge in [0.1, 0.15) is 0 Å². The zero-order valence-corrected chi connectivity index (χ0v) is 27.0. The van der Waals surface area contributed by atoms with Crippen molar-refractivity contribution in [3.05, 3.63) is 41.4 Å². The monoisotopic (exact) mass is 662 g/mol. The van der Waals surface area contributed by atoms with Crippen LogP contribution in [0.3, 0.4) is 0 Å². The molecule has 0 unspecified atom stereocenters. The molecule has 2 nitrogen and oxygen atoms in total. The molecule has 0 saturated carbocycles. The summed E-state index contributed by atoms with van der Waals surface area (Å²) in [4.78, 5) is 0. The van der Waals surface area contributed by atoms with Crippen molar-refractivity contribution in [1.82, 2.24) is 9.13 Å².